The molecule has 0 atom stereocenters. The molecule has 2 aromatic heterocycles. The normalized spacial score (nSPS) is 10.9. The highest BCUT2D eigenvalue weighted by Gasteiger charge is 2.23. The summed E-state index contributed by atoms with van der Waals surface area (Å²) in [4.78, 5) is 30.9. The van der Waals surface area contributed by atoms with Crippen molar-refractivity contribution < 1.29 is 14.3 Å². The van der Waals surface area contributed by atoms with Crippen molar-refractivity contribution in [3.05, 3.63) is 60.0 Å². The standard InChI is InChI=1S/C19H20N4O3/c1-13(2)23(15-8-5-4-6-9-15)16(24)12-26-19(25)17-14(3)21-22-11-7-10-20-18(17)22/h4-11,13H,12H2,1-3H3. The van der Waals surface area contributed by atoms with Crippen molar-refractivity contribution in [3.8, 4) is 0 Å². The number of aryl methyl sites for hydroxylation is 1. The van der Waals surface area contributed by atoms with Crippen molar-refractivity contribution in [1.82, 2.24) is 14.6 Å². The van der Waals surface area contributed by atoms with Crippen molar-refractivity contribution in [2.24, 2.45) is 0 Å². The van der Waals surface area contributed by atoms with Crippen LogP contribution in [0.15, 0.2) is 48.8 Å². The van der Waals surface area contributed by atoms with Crippen LogP contribution in [-0.4, -0.2) is 39.1 Å². The van der Waals surface area contributed by atoms with Crippen LogP contribution in [0.5, 0.6) is 0 Å². The van der Waals surface area contributed by atoms with E-state index < -0.39 is 5.97 Å². The molecule has 0 aliphatic carbocycles. The Morgan fingerprint density at radius 2 is 1.92 bits per heavy atom. The summed E-state index contributed by atoms with van der Waals surface area (Å²) >= 11 is 0. The van der Waals surface area contributed by atoms with Gasteiger partial charge in [0.2, 0.25) is 0 Å². The minimum atomic E-state index is -0.610. The average Bonchev–Trinajstić information content (AvgIpc) is 2.96. The van der Waals surface area contributed by atoms with Crippen molar-refractivity contribution in [2.45, 2.75) is 26.8 Å². The van der Waals surface area contributed by atoms with Gasteiger partial charge < -0.3 is 9.64 Å². The van der Waals surface area contributed by atoms with E-state index in [4.69, 9.17) is 4.74 Å². The Labute approximate surface area is 151 Å². The number of para-hydroxylation sites is 1. The van der Waals surface area contributed by atoms with E-state index in [1.165, 1.54) is 4.52 Å². The van der Waals surface area contributed by atoms with E-state index in [-0.39, 0.29) is 24.1 Å². The highest BCUT2D eigenvalue weighted by atomic mass is 16.5. The first-order valence-electron chi connectivity index (χ1n) is 8.33. The maximum absolute atomic E-state index is 12.6. The van der Waals surface area contributed by atoms with Gasteiger partial charge in [0.25, 0.3) is 5.91 Å². The number of fused-ring (bicyclic) bond motifs is 1. The fraction of sp³-hybridized carbons (Fsp3) is 0.263. The monoisotopic (exact) mass is 352 g/mol. The van der Waals surface area contributed by atoms with Gasteiger partial charge in [-0.25, -0.2) is 14.3 Å². The van der Waals surface area contributed by atoms with Crippen LogP contribution in [0.1, 0.15) is 29.9 Å². The molecule has 0 spiro atoms. The molecule has 3 rings (SSSR count). The number of nitrogens with zero attached hydrogens (tertiary/aromatic N) is 4. The summed E-state index contributed by atoms with van der Waals surface area (Å²) < 4.78 is 6.78. The average molecular weight is 352 g/mol. The molecule has 26 heavy (non-hydrogen) atoms. The van der Waals surface area contributed by atoms with Gasteiger partial charge in [-0.05, 0) is 39.0 Å². The second kappa shape index (κ2) is 7.35. The first-order valence-corrected chi connectivity index (χ1v) is 8.33. The Balaban J connectivity index is 1.76. The number of hydrogen-bond acceptors (Lipinski definition) is 5. The lowest BCUT2D eigenvalue weighted by atomic mass is 10.2. The number of carbonyl (C=O) groups is 2. The Morgan fingerprint density at radius 1 is 1.19 bits per heavy atom. The molecule has 0 unspecified atom stereocenters. The lowest BCUT2D eigenvalue weighted by Crippen LogP contribution is -2.39. The summed E-state index contributed by atoms with van der Waals surface area (Å²) in [6.07, 6.45) is 3.28. The summed E-state index contributed by atoms with van der Waals surface area (Å²) in [6, 6.07) is 10.9. The number of hydrogen-bond donors (Lipinski definition) is 0. The predicted molar refractivity (Wildman–Crippen MR) is 97.1 cm³/mol. The molecular formula is C19H20N4O3. The quantitative estimate of drug-likeness (QED) is 0.660. The Hall–Kier alpha value is -3.22. The van der Waals surface area contributed by atoms with Gasteiger partial charge in [0, 0.05) is 24.1 Å². The fourth-order valence-electron chi connectivity index (χ4n) is 2.82. The van der Waals surface area contributed by atoms with Crippen LogP contribution in [-0.2, 0) is 9.53 Å². The lowest BCUT2D eigenvalue weighted by Gasteiger charge is -2.26. The molecule has 0 radical (unpaired) electrons. The van der Waals surface area contributed by atoms with Crippen molar-refractivity contribution >= 4 is 23.2 Å². The van der Waals surface area contributed by atoms with E-state index in [9.17, 15) is 9.59 Å². The van der Waals surface area contributed by atoms with Crippen LogP contribution in [0.2, 0.25) is 0 Å². The Kier molecular flexibility index (Phi) is 4.97. The molecule has 1 aromatic carbocycles. The van der Waals surface area contributed by atoms with Gasteiger partial charge in [0.05, 0.1) is 5.69 Å². The zero-order valence-corrected chi connectivity index (χ0v) is 14.9. The molecule has 7 nitrogen and oxygen atoms in total. The van der Waals surface area contributed by atoms with Crippen LogP contribution < -0.4 is 4.90 Å². The van der Waals surface area contributed by atoms with E-state index in [0.29, 0.717) is 11.3 Å². The number of rotatable bonds is 5. The molecule has 0 fully saturated rings. The summed E-state index contributed by atoms with van der Waals surface area (Å²) in [5.74, 6) is -0.900. The first kappa shape index (κ1) is 17.6. The van der Waals surface area contributed by atoms with Crippen LogP contribution in [0.25, 0.3) is 5.65 Å². The van der Waals surface area contributed by atoms with Crippen LogP contribution in [0.4, 0.5) is 5.69 Å². The van der Waals surface area contributed by atoms with Gasteiger partial charge in [-0.2, -0.15) is 5.10 Å². The van der Waals surface area contributed by atoms with Gasteiger partial charge in [-0.3, -0.25) is 4.79 Å². The molecule has 1 amide bonds. The van der Waals surface area contributed by atoms with E-state index in [2.05, 4.69) is 10.1 Å². The predicted octanol–water partition coefficient (Wildman–Crippen LogP) is 2.64. The molecule has 0 saturated carbocycles. The van der Waals surface area contributed by atoms with Crippen LogP contribution >= 0.6 is 0 Å². The third-order valence-electron chi connectivity index (χ3n) is 3.92. The highest BCUT2D eigenvalue weighted by Crippen LogP contribution is 2.18. The van der Waals surface area contributed by atoms with Crippen LogP contribution in [0.3, 0.4) is 0 Å². The zero-order chi connectivity index (χ0) is 18.7. The second-order valence-electron chi connectivity index (χ2n) is 6.12. The molecule has 2 heterocycles. The molecule has 0 bridgehead atoms. The number of esters is 1. The highest BCUT2D eigenvalue weighted by molar-refractivity contribution is 6.00. The van der Waals surface area contributed by atoms with Gasteiger partial charge in [-0.15, -0.1) is 0 Å². The largest absolute Gasteiger partial charge is 0.452 e. The number of aromatic nitrogens is 3. The fourth-order valence-corrected chi connectivity index (χ4v) is 2.82. The smallest absolute Gasteiger partial charge is 0.344 e. The van der Waals surface area contributed by atoms with E-state index in [1.54, 1.807) is 30.3 Å². The second-order valence-corrected chi connectivity index (χ2v) is 6.12. The van der Waals surface area contributed by atoms with Gasteiger partial charge in [-0.1, -0.05) is 18.2 Å². The van der Waals surface area contributed by atoms with E-state index in [0.717, 1.165) is 5.69 Å². The third-order valence-corrected chi connectivity index (χ3v) is 3.92. The summed E-state index contributed by atoms with van der Waals surface area (Å²) in [7, 11) is 0. The van der Waals surface area contributed by atoms with Gasteiger partial charge in [0.1, 0.15) is 5.56 Å². The number of carbonyl (C=O) groups excluding carboxylic acids is 2. The minimum absolute atomic E-state index is 0.0658. The number of anilines is 1. The van der Waals surface area contributed by atoms with E-state index >= 15 is 0 Å². The maximum Gasteiger partial charge on any atom is 0.344 e. The lowest BCUT2D eigenvalue weighted by molar-refractivity contribution is -0.122. The molecular weight excluding hydrogens is 332 g/mol. The summed E-state index contributed by atoms with van der Waals surface area (Å²) in [6.45, 7) is 5.17. The molecule has 0 N–H and O–H groups in total. The minimum Gasteiger partial charge on any atom is -0.452 e. The Bertz CT molecular complexity index is 934. The first-order chi connectivity index (χ1) is 12.5. The molecule has 3 aromatic rings. The van der Waals surface area contributed by atoms with E-state index in [1.807, 2.05) is 44.2 Å². The SMILES string of the molecule is Cc1nn2cccnc2c1C(=O)OCC(=O)N(c1ccccc1)C(C)C. The third kappa shape index (κ3) is 3.42. The Morgan fingerprint density at radius 3 is 2.62 bits per heavy atom. The zero-order valence-electron chi connectivity index (χ0n) is 14.9. The molecule has 134 valence electrons. The molecule has 0 aliphatic heterocycles. The summed E-state index contributed by atoms with van der Waals surface area (Å²) in [5.41, 5.74) is 1.95. The van der Waals surface area contributed by atoms with Gasteiger partial charge >= 0.3 is 5.97 Å². The van der Waals surface area contributed by atoms with Crippen molar-refractivity contribution in [2.75, 3.05) is 11.5 Å². The van der Waals surface area contributed by atoms with Crippen LogP contribution in [0, 0.1) is 6.92 Å². The molecule has 0 saturated heterocycles. The van der Waals surface area contributed by atoms with Crippen molar-refractivity contribution in [1.29, 1.82) is 0 Å². The number of amides is 1. The topological polar surface area (TPSA) is 76.8 Å². The maximum atomic E-state index is 12.6. The van der Waals surface area contributed by atoms with Gasteiger partial charge in [0.15, 0.2) is 12.3 Å². The number of ether oxygens (including phenoxy) is 1. The number of benzene rings is 1. The molecule has 0 aliphatic rings. The van der Waals surface area contributed by atoms with Crippen molar-refractivity contribution in [3.63, 3.8) is 0 Å². The molecule has 7 heteroatoms. The summed E-state index contributed by atoms with van der Waals surface area (Å²) in [5, 5.41) is 4.23.